The highest BCUT2D eigenvalue weighted by molar-refractivity contribution is 5.63. The van der Waals surface area contributed by atoms with Crippen LogP contribution in [0.15, 0.2) is 54.9 Å². The van der Waals surface area contributed by atoms with Crippen LogP contribution in [0.2, 0.25) is 0 Å². The maximum atomic E-state index is 13.2. The molecular formula is C17H14F2N4O. The van der Waals surface area contributed by atoms with Crippen molar-refractivity contribution in [1.82, 2.24) is 9.97 Å². The third kappa shape index (κ3) is 3.75. The van der Waals surface area contributed by atoms with Crippen molar-refractivity contribution in [2.45, 2.75) is 0 Å². The van der Waals surface area contributed by atoms with Gasteiger partial charge in [-0.1, -0.05) is 0 Å². The molecule has 0 saturated heterocycles. The number of halogens is 2. The average Bonchev–Trinajstić information content (AvgIpc) is 2.59. The minimum absolute atomic E-state index is 0.392. The number of methoxy groups -OCH3 is 1. The summed E-state index contributed by atoms with van der Waals surface area (Å²) in [5, 5.41) is 6.02. The molecule has 0 amide bonds. The first-order valence-corrected chi connectivity index (χ1v) is 7.09. The largest absolute Gasteiger partial charge is 0.497 e. The maximum absolute atomic E-state index is 13.2. The molecule has 24 heavy (non-hydrogen) atoms. The maximum Gasteiger partial charge on any atom is 0.160 e. The van der Waals surface area contributed by atoms with Crippen LogP contribution in [-0.2, 0) is 0 Å². The number of hydrogen-bond acceptors (Lipinski definition) is 5. The molecule has 0 unspecified atom stereocenters. The molecule has 0 aliphatic carbocycles. The molecule has 122 valence electrons. The number of anilines is 4. The topological polar surface area (TPSA) is 59.1 Å². The summed E-state index contributed by atoms with van der Waals surface area (Å²) >= 11 is 0. The van der Waals surface area contributed by atoms with Gasteiger partial charge in [0, 0.05) is 23.5 Å². The van der Waals surface area contributed by atoms with Gasteiger partial charge in [-0.2, -0.15) is 0 Å². The molecule has 2 aromatic carbocycles. The fourth-order valence-electron chi connectivity index (χ4n) is 2.04. The lowest BCUT2D eigenvalue weighted by molar-refractivity contribution is 0.415. The zero-order valence-electron chi connectivity index (χ0n) is 12.8. The van der Waals surface area contributed by atoms with Crippen molar-refractivity contribution in [3.8, 4) is 5.75 Å². The highest BCUT2D eigenvalue weighted by Crippen LogP contribution is 2.22. The van der Waals surface area contributed by atoms with Gasteiger partial charge in [0.05, 0.1) is 7.11 Å². The first kappa shape index (κ1) is 15.7. The van der Waals surface area contributed by atoms with Crippen molar-refractivity contribution >= 4 is 23.0 Å². The third-order valence-corrected chi connectivity index (χ3v) is 3.22. The van der Waals surface area contributed by atoms with E-state index >= 15 is 0 Å². The van der Waals surface area contributed by atoms with E-state index < -0.39 is 11.6 Å². The zero-order chi connectivity index (χ0) is 16.9. The van der Waals surface area contributed by atoms with Gasteiger partial charge < -0.3 is 15.4 Å². The van der Waals surface area contributed by atoms with E-state index in [1.165, 1.54) is 12.4 Å². The van der Waals surface area contributed by atoms with Gasteiger partial charge in [-0.15, -0.1) is 0 Å². The van der Waals surface area contributed by atoms with Gasteiger partial charge in [-0.25, -0.2) is 18.7 Å². The Morgan fingerprint density at radius 1 is 0.792 bits per heavy atom. The number of hydrogen-bond donors (Lipinski definition) is 2. The summed E-state index contributed by atoms with van der Waals surface area (Å²) in [6.07, 6.45) is 1.37. The zero-order valence-corrected chi connectivity index (χ0v) is 12.8. The van der Waals surface area contributed by atoms with Crippen LogP contribution in [0.1, 0.15) is 0 Å². The van der Waals surface area contributed by atoms with Crippen LogP contribution >= 0.6 is 0 Å². The lowest BCUT2D eigenvalue weighted by Crippen LogP contribution is -1.99. The molecule has 3 rings (SSSR count). The third-order valence-electron chi connectivity index (χ3n) is 3.22. The van der Waals surface area contributed by atoms with Crippen LogP contribution in [0.4, 0.5) is 31.8 Å². The van der Waals surface area contributed by atoms with Gasteiger partial charge in [0.25, 0.3) is 0 Å². The van der Waals surface area contributed by atoms with Gasteiger partial charge in [0.2, 0.25) is 0 Å². The van der Waals surface area contributed by atoms with E-state index in [9.17, 15) is 8.78 Å². The van der Waals surface area contributed by atoms with E-state index in [4.69, 9.17) is 4.74 Å². The van der Waals surface area contributed by atoms with Crippen LogP contribution in [0.3, 0.4) is 0 Å². The minimum Gasteiger partial charge on any atom is -0.497 e. The molecule has 0 atom stereocenters. The molecule has 0 aliphatic heterocycles. The lowest BCUT2D eigenvalue weighted by Gasteiger charge is -2.09. The second-order valence-corrected chi connectivity index (χ2v) is 4.90. The molecule has 1 aromatic heterocycles. The molecule has 0 saturated carbocycles. The molecule has 1 heterocycles. The lowest BCUT2D eigenvalue weighted by atomic mass is 10.3. The molecule has 0 spiro atoms. The van der Waals surface area contributed by atoms with Gasteiger partial charge in [0.15, 0.2) is 11.6 Å². The first-order valence-electron chi connectivity index (χ1n) is 7.09. The van der Waals surface area contributed by atoms with Crippen molar-refractivity contribution < 1.29 is 13.5 Å². The molecule has 0 fully saturated rings. The molecule has 3 aromatic rings. The Labute approximate surface area is 137 Å². The summed E-state index contributed by atoms with van der Waals surface area (Å²) < 4.78 is 31.3. The average molecular weight is 328 g/mol. The van der Waals surface area contributed by atoms with Crippen LogP contribution in [0, 0.1) is 11.6 Å². The standard InChI is InChI=1S/C17H14F2N4O/c1-24-13-5-2-11(3-6-13)22-16-9-17(21-10-20-16)23-12-4-7-14(18)15(19)8-12/h2-10H,1H3,(H2,20,21,22,23). The smallest absolute Gasteiger partial charge is 0.160 e. The summed E-state index contributed by atoms with van der Waals surface area (Å²) in [5.74, 6) is -0.0630. The van der Waals surface area contributed by atoms with Crippen molar-refractivity contribution in [1.29, 1.82) is 0 Å². The number of nitrogens with one attached hydrogen (secondary N) is 2. The summed E-state index contributed by atoms with van der Waals surface area (Å²) in [5.41, 5.74) is 1.22. The monoisotopic (exact) mass is 328 g/mol. The van der Waals surface area contributed by atoms with E-state index in [0.717, 1.165) is 23.6 Å². The molecule has 2 N–H and O–H groups in total. The molecule has 5 nitrogen and oxygen atoms in total. The number of benzene rings is 2. The molecule has 7 heteroatoms. The Kier molecular flexibility index (Phi) is 4.51. The SMILES string of the molecule is COc1ccc(Nc2cc(Nc3ccc(F)c(F)c3)ncn2)cc1. The second kappa shape index (κ2) is 6.91. The highest BCUT2D eigenvalue weighted by atomic mass is 19.2. The highest BCUT2D eigenvalue weighted by Gasteiger charge is 2.05. The van der Waals surface area contributed by atoms with E-state index in [-0.39, 0.29) is 0 Å². The second-order valence-electron chi connectivity index (χ2n) is 4.90. The number of ether oxygens (including phenoxy) is 1. The van der Waals surface area contributed by atoms with Crippen LogP contribution in [0.25, 0.3) is 0 Å². The van der Waals surface area contributed by atoms with Crippen molar-refractivity contribution in [2.24, 2.45) is 0 Å². The van der Waals surface area contributed by atoms with Crippen LogP contribution in [0.5, 0.6) is 5.75 Å². The molecule has 0 aliphatic rings. The van der Waals surface area contributed by atoms with Crippen LogP contribution in [-0.4, -0.2) is 17.1 Å². The Morgan fingerprint density at radius 2 is 1.42 bits per heavy atom. The summed E-state index contributed by atoms with van der Waals surface area (Å²) in [6.45, 7) is 0. The quantitative estimate of drug-likeness (QED) is 0.733. The first-order chi connectivity index (χ1) is 11.6. The van der Waals surface area contributed by atoms with Gasteiger partial charge >= 0.3 is 0 Å². The number of aromatic nitrogens is 2. The Bertz CT molecular complexity index is 840. The number of nitrogens with zero attached hydrogens (tertiary/aromatic N) is 2. The van der Waals surface area contributed by atoms with Crippen molar-refractivity contribution in [3.63, 3.8) is 0 Å². The fraction of sp³-hybridized carbons (Fsp3) is 0.0588. The summed E-state index contributed by atoms with van der Waals surface area (Å²) in [7, 11) is 1.60. The van der Waals surface area contributed by atoms with Gasteiger partial charge in [-0.3, -0.25) is 0 Å². The van der Waals surface area contributed by atoms with Gasteiger partial charge in [-0.05, 0) is 36.4 Å². The molecule has 0 bridgehead atoms. The Hall–Kier alpha value is -3.22. The Balaban J connectivity index is 1.74. The van der Waals surface area contributed by atoms with Gasteiger partial charge in [0.1, 0.15) is 23.7 Å². The fourth-order valence-corrected chi connectivity index (χ4v) is 2.04. The van der Waals surface area contributed by atoms with Crippen LogP contribution < -0.4 is 15.4 Å². The predicted molar refractivity (Wildman–Crippen MR) is 87.9 cm³/mol. The van der Waals surface area contributed by atoms with Crippen molar-refractivity contribution in [2.75, 3.05) is 17.7 Å². The number of rotatable bonds is 5. The van der Waals surface area contributed by atoms with E-state index in [2.05, 4.69) is 20.6 Å². The molecular weight excluding hydrogens is 314 g/mol. The predicted octanol–water partition coefficient (Wildman–Crippen LogP) is 4.25. The minimum atomic E-state index is -0.925. The normalized spacial score (nSPS) is 10.3. The van der Waals surface area contributed by atoms with Crippen molar-refractivity contribution in [3.05, 3.63) is 66.5 Å². The van der Waals surface area contributed by atoms with E-state index in [1.807, 2.05) is 24.3 Å². The van der Waals surface area contributed by atoms with E-state index in [1.54, 1.807) is 13.2 Å². The summed E-state index contributed by atoms with van der Waals surface area (Å²) in [4.78, 5) is 8.18. The molecule has 0 radical (unpaired) electrons. The summed E-state index contributed by atoms with van der Waals surface area (Å²) in [6, 6.07) is 12.5. The Morgan fingerprint density at radius 3 is 2.04 bits per heavy atom. The van der Waals surface area contributed by atoms with E-state index in [0.29, 0.717) is 17.3 Å².